The first kappa shape index (κ1) is 14.2. The number of aromatic nitrogens is 2. The molecule has 0 saturated carbocycles. The first-order chi connectivity index (χ1) is 9.63. The molecule has 1 aromatic heterocycles. The van der Waals surface area contributed by atoms with Crippen LogP contribution in [-0.4, -0.2) is 23.1 Å². The highest BCUT2D eigenvalue weighted by atomic mass is 19.1. The van der Waals surface area contributed by atoms with Gasteiger partial charge in [0.1, 0.15) is 23.3 Å². The Kier molecular flexibility index (Phi) is 4.50. The second-order valence-corrected chi connectivity index (χ2v) is 4.44. The predicted molar refractivity (Wildman–Crippen MR) is 80.0 cm³/mol. The molecule has 0 spiro atoms. The maximum Gasteiger partial charge on any atom is 0.146 e. The molecule has 1 N–H and O–H groups in total. The van der Waals surface area contributed by atoms with Gasteiger partial charge in [0.25, 0.3) is 0 Å². The lowest BCUT2D eigenvalue weighted by molar-refractivity contribution is 0.632. The summed E-state index contributed by atoms with van der Waals surface area (Å²) in [5, 5.41) is 3.00. The van der Waals surface area contributed by atoms with E-state index in [4.69, 9.17) is 0 Å². The van der Waals surface area contributed by atoms with Crippen molar-refractivity contribution in [2.45, 2.75) is 20.8 Å². The van der Waals surface area contributed by atoms with Crippen molar-refractivity contribution in [2.24, 2.45) is 0 Å². The Hall–Kier alpha value is -2.17. The molecule has 1 aromatic carbocycles. The predicted octanol–water partition coefficient (Wildman–Crippen LogP) is 3.51. The average Bonchev–Trinajstić information content (AvgIpc) is 2.42. The van der Waals surface area contributed by atoms with E-state index in [1.807, 2.05) is 13.0 Å². The molecule has 5 heteroatoms. The molecule has 2 rings (SSSR count). The summed E-state index contributed by atoms with van der Waals surface area (Å²) in [5.74, 6) is 1.81. The molecule has 0 saturated heterocycles. The Bertz CT molecular complexity index is 582. The van der Waals surface area contributed by atoms with Crippen molar-refractivity contribution in [3.05, 3.63) is 42.0 Å². The zero-order valence-corrected chi connectivity index (χ0v) is 12.0. The molecule has 0 bridgehead atoms. The Balaban J connectivity index is 2.31. The monoisotopic (exact) mass is 274 g/mol. The van der Waals surface area contributed by atoms with Gasteiger partial charge in [0.05, 0.1) is 5.69 Å². The van der Waals surface area contributed by atoms with Crippen molar-refractivity contribution >= 4 is 17.3 Å². The molecule has 0 atom stereocenters. The first-order valence-electron chi connectivity index (χ1n) is 6.76. The summed E-state index contributed by atoms with van der Waals surface area (Å²) in [6.45, 7) is 7.72. The summed E-state index contributed by atoms with van der Waals surface area (Å²) in [7, 11) is 0. The highest BCUT2D eigenvalue weighted by Crippen LogP contribution is 2.21. The molecule has 106 valence electrons. The van der Waals surface area contributed by atoms with Gasteiger partial charge in [-0.25, -0.2) is 14.4 Å². The van der Waals surface area contributed by atoms with Crippen molar-refractivity contribution < 1.29 is 4.39 Å². The third-order valence-corrected chi connectivity index (χ3v) is 3.05. The Morgan fingerprint density at radius 1 is 1.15 bits per heavy atom. The second-order valence-electron chi connectivity index (χ2n) is 4.44. The SMILES string of the molecule is CCN(CC)c1cc(Nc2ccccc2F)nc(C)n1. The van der Waals surface area contributed by atoms with Crippen LogP contribution in [0.3, 0.4) is 0 Å². The van der Waals surface area contributed by atoms with Crippen LogP contribution in [0.1, 0.15) is 19.7 Å². The molecule has 0 radical (unpaired) electrons. The molecule has 20 heavy (non-hydrogen) atoms. The van der Waals surface area contributed by atoms with Crippen LogP contribution in [0, 0.1) is 12.7 Å². The van der Waals surface area contributed by atoms with Crippen molar-refractivity contribution in [3.63, 3.8) is 0 Å². The normalized spacial score (nSPS) is 10.4. The van der Waals surface area contributed by atoms with Crippen LogP contribution in [0.25, 0.3) is 0 Å². The highest BCUT2D eigenvalue weighted by Gasteiger charge is 2.08. The van der Waals surface area contributed by atoms with Crippen molar-refractivity contribution in [2.75, 3.05) is 23.3 Å². The highest BCUT2D eigenvalue weighted by molar-refractivity contribution is 5.60. The zero-order chi connectivity index (χ0) is 14.5. The van der Waals surface area contributed by atoms with Gasteiger partial charge in [-0.05, 0) is 32.9 Å². The third kappa shape index (κ3) is 3.23. The van der Waals surface area contributed by atoms with Gasteiger partial charge in [-0.15, -0.1) is 0 Å². The van der Waals surface area contributed by atoms with Crippen molar-refractivity contribution in [3.8, 4) is 0 Å². The third-order valence-electron chi connectivity index (χ3n) is 3.05. The maximum atomic E-state index is 13.7. The molecule has 0 aliphatic heterocycles. The number of nitrogens with one attached hydrogen (secondary N) is 1. The van der Waals surface area contributed by atoms with E-state index in [0.29, 0.717) is 17.3 Å². The van der Waals surface area contributed by atoms with Crippen LogP contribution in [-0.2, 0) is 0 Å². The molecule has 0 amide bonds. The zero-order valence-electron chi connectivity index (χ0n) is 12.0. The van der Waals surface area contributed by atoms with Gasteiger partial charge in [0, 0.05) is 19.2 Å². The van der Waals surface area contributed by atoms with E-state index in [1.54, 1.807) is 18.2 Å². The molecular formula is C15H19FN4. The number of hydrogen-bond donors (Lipinski definition) is 1. The van der Waals surface area contributed by atoms with Crippen LogP contribution in [0.2, 0.25) is 0 Å². The van der Waals surface area contributed by atoms with E-state index >= 15 is 0 Å². The number of anilines is 3. The fraction of sp³-hybridized carbons (Fsp3) is 0.333. The molecule has 1 heterocycles. The standard InChI is InChI=1S/C15H19FN4/c1-4-20(5-2)15-10-14(17-11(3)18-15)19-13-9-7-6-8-12(13)16/h6-10H,4-5H2,1-3H3,(H,17,18,19). The lowest BCUT2D eigenvalue weighted by Gasteiger charge is -2.20. The summed E-state index contributed by atoms with van der Waals surface area (Å²) in [5.41, 5.74) is 0.413. The number of nitrogens with zero attached hydrogens (tertiary/aromatic N) is 3. The van der Waals surface area contributed by atoms with Gasteiger partial charge in [0.2, 0.25) is 0 Å². The van der Waals surface area contributed by atoms with Gasteiger partial charge >= 0.3 is 0 Å². The van der Waals surface area contributed by atoms with Crippen LogP contribution >= 0.6 is 0 Å². The Labute approximate surface area is 118 Å². The van der Waals surface area contributed by atoms with Gasteiger partial charge in [-0.3, -0.25) is 0 Å². The quantitative estimate of drug-likeness (QED) is 0.905. The molecular weight excluding hydrogens is 255 g/mol. The lowest BCUT2D eigenvalue weighted by atomic mass is 10.3. The summed E-state index contributed by atoms with van der Waals surface area (Å²) in [4.78, 5) is 10.9. The van der Waals surface area contributed by atoms with E-state index in [9.17, 15) is 4.39 Å². The molecule has 0 aliphatic carbocycles. The summed E-state index contributed by atoms with van der Waals surface area (Å²) >= 11 is 0. The summed E-state index contributed by atoms with van der Waals surface area (Å²) in [6.07, 6.45) is 0. The number of para-hydroxylation sites is 1. The molecule has 0 aliphatic rings. The van der Waals surface area contributed by atoms with E-state index in [2.05, 4.69) is 34.0 Å². The smallest absolute Gasteiger partial charge is 0.146 e. The lowest BCUT2D eigenvalue weighted by Crippen LogP contribution is -2.23. The fourth-order valence-electron chi connectivity index (χ4n) is 2.03. The van der Waals surface area contributed by atoms with Crippen LogP contribution in [0.4, 0.5) is 21.7 Å². The minimum Gasteiger partial charge on any atom is -0.357 e. The largest absolute Gasteiger partial charge is 0.357 e. The van der Waals surface area contributed by atoms with Gasteiger partial charge in [0.15, 0.2) is 0 Å². The molecule has 0 fully saturated rings. The minimum atomic E-state index is -0.298. The Morgan fingerprint density at radius 3 is 2.50 bits per heavy atom. The van der Waals surface area contributed by atoms with Gasteiger partial charge in [-0.1, -0.05) is 12.1 Å². The average molecular weight is 274 g/mol. The number of rotatable bonds is 5. The Morgan fingerprint density at radius 2 is 1.85 bits per heavy atom. The molecule has 4 nitrogen and oxygen atoms in total. The topological polar surface area (TPSA) is 41.0 Å². The van der Waals surface area contributed by atoms with Crippen LogP contribution < -0.4 is 10.2 Å². The summed E-state index contributed by atoms with van der Waals surface area (Å²) < 4.78 is 13.7. The van der Waals surface area contributed by atoms with Gasteiger partial charge < -0.3 is 10.2 Å². The minimum absolute atomic E-state index is 0.298. The van der Waals surface area contributed by atoms with E-state index < -0.39 is 0 Å². The summed E-state index contributed by atoms with van der Waals surface area (Å²) in [6, 6.07) is 8.38. The molecule has 2 aromatic rings. The van der Waals surface area contributed by atoms with Crippen molar-refractivity contribution in [1.82, 2.24) is 9.97 Å². The number of aryl methyl sites for hydroxylation is 1. The van der Waals surface area contributed by atoms with Crippen molar-refractivity contribution in [1.29, 1.82) is 0 Å². The van der Waals surface area contributed by atoms with Crippen LogP contribution in [0.5, 0.6) is 0 Å². The van der Waals surface area contributed by atoms with E-state index in [-0.39, 0.29) is 5.82 Å². The second kappa shape index (κ2) is 6.32. The van der Waals surface area contributed by atoms with Crippen LogP contribution in [0.15, 0.2) is 30.3 Å². The van der Waals surface area contributed by atoms with E-state index in [1.165, 1.54) is 6.07 Å². The number of halogens is 1. The van der Waals surface area contributed by atoms with E-state index in [0.717, 1.165) is 18.9 Å². The number of hydrogen-bond acceptors (Lipinski definition) is 4. The molecule has 0 unspecified atom stereocenters. The first-order valence-corrected chi connectivity index (χ1v) is 6.76. The van der Waals surface area contributed by atoms with Gasteiger partial charge in [-0.2, -0.15) is 0 Å². The maximum absolute atomic E-state index is 13.7. The number of benzene rings is 1. The fourth-order valence-corrected chi connectivity index (χ4v) is 2.03.